The molecule has 1 N–H and O–H groups in total. The van der Waals surface area contributed by atoms with Crippen LogP contribution in [0.25, 0.3) is 0 Å². The molecule has 1 aliphatic heterocycles. The zero-order valence-electron chi connectivity index (χ0n) is 13.0. The quantitative estimate of drug-likeness (QED) is 0.899. The number of aromatic nitrogens is 1. The number of amides is 1. The summed E-state index contributed by atoms with van der Waals surface area (Å²) < 4.78 is 29.5. The molecule has 1 aliphatic rings. The van der Waals surface area contributed by atoms with Crippen LogP contribution in [0.5, 0.6) is 5.75 Å². The third-order valence-corrected chi connectivity index (χ3v) is 5.53. The summed E-state index contributed by atoms with van der Waals surface area (Å²) in [6.45, 7) is 2.08. The molecule has 0 unspecified atom stereocenters. The first-order valence-corrected chi connectivity index (χ1v) is 9.08. The lowest BCUT2D eigenvalue weighted by molar-refractivity contribution is 0.0975. The number of anilines is 1. The van der Waals surface area contributed by atoms with Gasteiger partial charge in [0.05, 0.1) is 22.9 Å². The van der Waals surface area contributed by atoms with Gasteiger partial charge >= 0.3 is 0 Å². The summed E-state index contributed by atoms with van der Waals surface area (Å²) >= 11 is 0. The van der Waals surface area contributed by atoms with Gasteiger partial charge in [0.15, 0.2) is 9.84 Å². The molecule has 0 radical (unpaired) electrons. The SMILES string of the molecule is CCS(=O)(=O)c1c[nH]c(=O)c(C(=O)N2CCOc3ccccc32)c1. The van der Waals surface area contributed by atoms with Crippen LogP contribution in [0.2, 0.25) is 0 Å². The number of rotatable bonds is 3. The van der Waals surface area contributed by atoms with Crippen LogP contribution < -0.4 is 15.2 Å². The number of nitrogens with one attached hydrogen (secondary N) is 1. The van der Waals surface area contributed by atoms with Crippen LogP contribution in [0.15, 0.2) is 46.2 Å². The van der Waals surface area contributed by atoms with Crippen LogP contribution in [0, 0.1) is 0 Å². The van der Waals surface area contributed by atoms with Gasteiger partial charge in [0.2, 0.25) is 0 Å². The number of hydrogen-bond acceptors (Lipinski definition) is 5. The number of para-hydroxylation sites is 2. The zero-order chi connectivity index (χ0) is 17.3. The lowest BCUT2D eigenvalue weighted by Gasteiger charge is -2.29. The molecule has 24 heavy (non-hydrogen) atoms. The maximum atomic E-state index is 12.8. The van der Waals surface area contributed by atoms with E-state index in [9.17, 15) is 18.0 Å². The molecular weight excluding hydrogens is 332 g/mol. The van der Waals surface area contributed by atoms with E-state index in [-0.39, 0.29) is 22.8 Å². The van der Waals surface area contributed by atoms with Crippen LogP contribution in [-0.4, -0.2) is 38.2 Å². The molecule has 1 aromatic carbocycles. The minimum absolute atomic E-state index is 0.0745. The van der Waals surface area contributed by atoms with E-state index in [0.717, 1.165) is 12.3 Å². The fourth-order valence-electron chi connectivity index (χ4n) is 2.49. The molecule has 8 heteroatoms. The first-order chi connectivity index (χ1) is 11.4. The van der Waals surface area contributed by atoms with Gasteiger partial charge in [-0.05, 0) is 18.2 Å². The molecule has 0 saturated carbocycles. The summed E-state index contributed by atoms with van der Waals surface area (Å²) in [5.41, 5.74) is -0.280. The number of nitrogens with zero attached hydrogens (tertiary/aromatic N) is 1. The van der Waals surface area contributed by atoms with E-state index >= 15 is 0 Å². The second-order valence-electron chi connectivity index (χ2n) is 5.25. The molecule has 0 bridgehead atoms. The summed E-state index contributed by atoms with van der Waals surface area (Å²) in [5.74, 6) is -0.126. The fourth-order valence-corrected chi connectivity index (χ4v) is 3.36. The Morgan fingerprint density at radius 3 is 2.83 bits per heavy atom. The zero-order valence-corrected chi connectivity index (χ0v) is 13.8. The number of hydrogen-bond donors (Lipinski definition) is 1. The highest BCUT2D eigenvalue weighted by molar-refractivity contribution is 7.91. The second-order valence-corrected chi connectivity index (χ2v) is 7.53. The molecule has 2 heterocycles. The van der Waals surface area contributed by atoms with Crippen molar-refractivity contribution in [3.63, 3.8) is 0 Å². The number of ether oxygens (including phenoxy) is 1. The highest BCUT2D eigenvalue weighted by atomic mass is 32.2. The molecule has 0 aliphatic carbocycles. The van der Waals surface area contributed by atoms with Crippen molar-refractivity contribution in [1.82, 2.24) is 4.98 Å². The Bertz CT molecular complexity index is 949. The van der Waals surface area contributed by atoms with Gasteiger partial charge in [-0.15, -0.1) is 0 Å². The lowest BCUT2D eigenvalue weighted by Crippen LogP contribution is -2.40. The van der Waals surface area contributed by atoms with Gasteiger partial charge in [-0.1, -0.05) is 19.1 Å². The van der Waals surface area contributed by atoms with Crippen LogP contribution in [0.1, 0.15) is 17.3 Å². The summed E-state index contributed by atoms with van der Waals surface area (Å²) in [7, 11) is -3.53. The monoisotopic (exact) mass is 348 g/mol. The third kappa shape index (κ3) is 2.80. The maximum Gasteiger partial charge on any atom is 0.264 e. The summed E-state index contributed by atoms with van der Waals surface area (Å²) in [4.78, 5) is 28.5. The average Bonchev–Trinajstić information content (AvgIpc) is 2.61. The van der Waals surface area contributed by atoms with E-state index in [1.807, 2.05) is 0 Å². The fraction of sp³-hybridized carbons (Fsp3) is 0.250. The normalized spacial score (nSPS) is 14.0. The van der Waals surface area contributed by atoms with Crippen molar-refractivity contribution in [1.29, 1.82) is 0 Å². The number of fused-ring (bicyclic) bond motifs is 1. The summed E-state index contributed by atoms with van der Waals surface area (Å²) in [6.07, 6.45) is 1.12. The van der Waals surface area contributed by atoms with E-state index < -0.39 is 21.3 Å². The molecule has 1 amide bonds. The molecule has 1 aromatic heterocycles. The minimum Gasteiger partial charge on any atom is -0.490 e. The number of carbonyl (C=O) groups excluding carboxylic acids is 1. The first-order valence-electron chi connectivity index (χ1n) is 7.43. The van der Waals surface area contributed by atoms with Gasteiger partial charge in [-0.3, -0.25) is 9.59 Å². The summed E-state index contributed by atoms with van der Waals surface area (Å²) in [5, 5.41) is 0. The topological polar surface area (TPSA) is 96.5 Å². The van der Waals surface area contributed by atoms with Gasteiger partial charge in [0.25, 0.3) is 11.5 Å². The van der Waals surface area contributed by atoms with Crippen molar-refractivity contribution in [2.24, 2.45) is 0 Å². The van der Waals surface area contributed by atoms with Crippen molar-refractivity contribution < 1.29 is 17.9 Å². The minimum atomic E-state index is -3.53. The summed E-state index contributed by atoms with van der Waals surface area (Å²) in [6, 6.07) is 8.13. The number of aromatic amines is 1. The Hall–Kier alpha value is -2.61. The number of pyridine rings is 1. The van der Waals surface area contributed by atoms with Crippen LogP contribution in [-0.2, 0) is 9.84 Å². The number of sulfone groups is 1. The number of carbonyl (C=O) groups is 1. The largest absolute Gasteiger partial charge is 0.490 e. The van der Waals surface area contributed by atoms with Crippen molar-refractivity contribution in [2.45, 2.75) is 11.8 Å². The molecule has 0 fully saturated rings. The molecule has 2 aromatic rings. The van der Waals surface area contributed by atoms with Crippen molar-refractivity contribution in [3.8, 4) is 5.75 Å². The predicted octanol–water partition coefficient (Wildman–Crippen LogP) is 1.21. The average molecular weight is 348 g/mol. The van der Waals surface area contributed by atoms with Crippen LogP contribution in [0.3, 0.4) is 0 Å². The lowest BCUT2D eigenvalue weighted by atomic mass is 10.2. The molecule has 0 atom stereocenters. The van der Waals surface area contributed by atoms with Gasteiger partial charge in [-0.25, -0.2) is 8.42 Å². The molecule has 0 spiro atoms. The molecule has 7 nitrogen and oxygen atoms in total. The van der Waals surface area contributed by atoms with Gasteiger partial charge < -0.3 is 14.6 Å². The number of benzene rings is 1. The highest BCUT2D eigenvalue weighted by Crippen LogP contribution is 2.31. The maximum absolute atomic E-state index is 12.8. The Balaban J connectivity index is 2.06. The van der Waals surface area contributed by atoms with Crippen LogP contribution >= 0.6 is 0 Å². The number of H-pyrrole nitrogens is 1. The Labute approximate surface area is 138 Å². The van der Waals surface area contributed by atoms with E-state index in [1.54, 1.807) is 24.3 Å². The van der Waals surface area contributed by atoms with Crippen molar-refractivity contribution >= 4 is 21.4 Å². The molecular formula is C16H16N2O5S. The van der Waals surface area contributed by atoms with E-state index in [0.29, 0.717) is 18.0 Å². The van der Waals surface area contributed by atoms with Crippen LogP contribution in [0.4, 0.5) is 5.69 Å². The Morgan fingerprint density at radius 1 is 1.33 bits per heavy atom. The second kappa shape index (κ2) is 6.12. The third-order valence-electron chi connectivity index (χ3n) is 3.82. The highest BCUT2D eigenvalue weighted by Gasteiger charge is 2.27. The van der Waals surface area contributed by atoms with Crippen molar-refractivity contribution in [3.05, 3.63) is 52.4 Å². The van der Waals surface area contributed by atoms with E-state index in [2.05, 4.69) is 4.98 Å². The van der Waals surface area contributed by atoms with Crippen molar-refractivity contribution in [2.75, 3.05) is 23.8 Å². The van der Waals surface area contributed by atoms with E-state index in [4.69, 9.17) is 4.74 Å². The van der Waals surface area contributed by atoms with E-state index in [1.165, 1.54) is 11.8 Å². The molecule has 0 saturated heterocycles. The standard InChI is InChI=1S/C16H16N2O5S/c1-2-24(21,22)11-9-12(15(19)17-10-11)16(20)18-7-8-23-14-6-4-3-5-13(14)18/h3-6,9-10H,2,7-8H2,1H3,(H,17,19). The van der Waals surface area contributed by atoms with Gasteiger partial charge in [0, 0.05) is 6.20 Å². The van der Waals surface area contributed by atoms with Gasteiger partial charge in [0.1, 0.15) is 17.9 Å². The molecule has 126 valence electrons. The predicted molar refractivity (Wildman–Crippen MR) is 88.4 cm³/mol. The van der Waals surface area contributed by atoms with Gasteiger partial charge in [-0.2, -0.15) is 0 Å². The Morgan fingerprint density at radius 2 is 2.08 bits per heavy atom. The Kier molecular flexibility index (Phi) is 4.15. The molecule has 3 rings (SSSR count). The smallest absolute Gasteiger partial charge is 0.264 e. The first kappa shape index (κ1) is 16.3.